The van der Waals surface area contributed by atoms with Crippen LogP contribution in [0.2, 0.25) is 5.15 Å². The fraction of sp³-hybridized carbons (Fsp3) is 0.333. The fourth-order valence-electron chi connectivity index (χ4n) is 2.28. The number of hydrogen-bond donors (Lipinski definition) is 1. The van der Waals surface area contributed by atoms with Crippen molar-refractivity contribution in [2.24, 2.45) is 0 Å². The Hall–Kier alpha value is -1.88. The van der Waals surface area contributed by atoms with Crippen molar-refractivity contribution in [2.45, 2.75) is 32.7 Å². The lowest BCUT2D eigenvalue weighted by Gasteiger charge is -2.17. The second-order valence-corrected chi connectivity index (χ2v) is 5.59. The van der Waals surface area contributed by atoms with Crippen LogP contribution < -0.4 is 11.2 Å². The Kier molecular flexibility index (Phi) is 4.32. The van der Waals surface area contributed by atoms with Gasteiger partial charge in [0, 0.05) is 0 Å². The van der Waals surface area contributed by atoms with E-state index in [1.807, 2.05) is 13.8 Å². The lowest BCUT2D eigenvalue weighted by atomic mass is 10.1. The number of aromatic amines is 1. The highest BCUT2D eigenvalue weighted by Gasteiger charge is 2.19. The normalized spacial score (nSPS) is 12.7. The van der Waals surface area contributed by atoms with Crippen molar-refractivity contribution in [3.05, 3.63) is 67.2 Å². The van der Waals surface area contributed by atoms with E-state index >= 15 is 0 Å². The van der Waals surface area contributed by atoms with E-state index in [1.165, 1.54) is 12.1 Å². The summed E-state index contributed by atoms with van der Waals surface area (Å²) in [5.74, 6) is -0.486. The predicted molar refractivity (Wildman–Crippen MR) is 80.6 cm³/mol. The van der Waals surface area contributed by atoms with E-state index < -0.39 is 17.3 Å². The maximum Gasteiger partial charge on any atom is 0.330 e. The van der Waals surface area contributed by atoms with E-state index in [1.54, 1.807) is 19.1 Å². The second-order valence-electron chi connectivity index (χ2n) is 5.22. The number of nitrogens with one attached hydrogen (secondary N) is 1. The highest BCUT2D eigenvalue weighted by molar-refractivity contribution is 6.30. The molecule has 4 nitrogen and oxygen atoms in total. The van der Waals surface area contributed by atoms with Gasteiger partial charge in [0.15, 0.2) is 0 Å². The van der Waals surface area contributed by atoms with E-state index in [9.17, 15) is 14.0 Å². The topological polar surface area (TPSA) is 54.9 Å². The van der Waals surface area contributed by atoms with Gasteiger partial charge in [-0.25, -0.2) is 9.18 Å². The first kappa shape index (κ1) is 15.5. The largest absolute Gasteiger partial charge is 0.330 e. The smallest absolute Gasteiger partial charge is 0.297 e. The zero-order valence-corrected chi connectivity index (χ0v) is 12.7. The van der Waals surface area contributed by atoms with Crippen LogP contribution in [0.4, 0.5) is 4.39 Å². The first-order valence-corrected chi connectivity index (χ1v) is 7.00. The molecule has 0 amide bonds. The minimum absolute atomic E-state index is 0.0718. The molecule has 6 heteroatoms. The minimum atomic E-state index is -0.578. The summed E-state index contributed by atoms with van der Waals surface area (Å²) >= 11 is 5.95. The first-order chi connectivity index (χ1) is 9.82. The van der Waals surface area contributed by atoms with Crippen LogP contribution in [-0.4, -0.2) is 9.55 Å². The average Bonchev–Trinajstić information content (AvgIpc) is 2.38. The van der Waals surface area contributed by atoms with Crippen LogP contribution >= 0.6 is 11.6 Å². The molecule has 2 aromatic rings. The standard InChI is InChI=1S/C15H16ClFN2O2/c1-8(2)12-13(16)18-15(21)19(14(12)20)9(3)10-4-6-11(17)7-5-10/h4-9H,1-3H3,(H,18,21). The molecule has 1 N–H and O–H groups in total. The summed E-state index contributed by atoms with van der Waals surface area (Å²) in [4.78, 5) is 27.1. The molecule has 1 aromatic heterocycles. The summed E-state index contributed by atoms with van der Waals surface area (Å²) < 4.78 is 14.1. The molecule has 2 rings (SSSR count). The van der Waals surface area contributed by atoms with Crippen LogP contribution in [0.1, 0.15) is 43.9 Å². The van der Waals surface area contributed by atoms with Crippen molar-refractivity contribution in [3.63, 3.8) is 0 Å². The Morgan fingerprint density at radius 1 is 1.14 bits per heavy atom. The van der Waals surface area contributed by atoms with Crippen LogP contribution in [0, 0.1) is 5.82 Å². The quantitative estimate of drug-likeness (QED) is 0.886. The van der Waals surface area contributed by atoms with E-state index in [-0.39, 0.29) is 16.9 Å². The molecule has 0 radical (unpaired) electrons. The Bertz CT molecular complexity index is 763. The van der Waals surface area contributed by atoms with Crippen molar-refractivity contribution in [1.29, 1.82) is 0 Å². The molecule has 0 aliphatic carbocycles. The van der Waals surface area contributed by atoms with Crippen LogP contribution in [0.25, 0.3) is 0 Å². The number of benzene rings is 1. The van der Waals surface area contributed by atoms with Crippen molar-refractivity contribution < 1.29 is 4.39 Å². The van der Waals surface area contributed by atoms with Gasteiger partial charge in [0.2, 0.25) is 0 Å². The Morgan fingerprint density at radius 3 is 2.24 bits per heavy atom. The van der Waals surface area contributed by atoms with Gasteiger partial charge in [-0.15, -0.1) is 0 Å². The number of rotatable bonds is 3. The van der Waals surface area contributed by atoms with E-state index in [4.69, 9.17) is 11.6 Å². The molecule has 0 bridgehead atoms. The molecule has 0 saturated carbocycles. The molecule has 112 valence electrons. The predicted octanol–water partition coefficient (Wildman–Crippen LogP) is 3.06. The summed E-state index contributed by atoms with van der Waals surface area (Å²) in [5.41, 5.74) is 0.0352. The Balaban J connectivity index is 2.63. The van der Waals surface area contributed by atoms with Crippen molar-refractivity contribution >= 4 is 11.6 Å². The molecular formula is C15H16ClFN2O2. The lowest BCUT2D eigenvalue weighted by Crippen LogP contribution is -2.40. The summed E-state index contributed by atoms with van der Waals surface area (Å²) in [6.07, 6.45) is 0. The van der Waals surface area contributed by atoms with Gasteiger partial charge in [-0.1, -0.05) is 37.6 Å². The minimum Gasteiger partial charge on any atom is -0.297 e. The number of aromatic nitrogens is 2. The molecule has 0 saturated heterocycles. The molecule has 21 heavy (non-hydrogen) atoms. The van der Waals surface area contributed by atoms with Gasteiger partial charge in [-0.3, -0.25) is 14.3 Å². The van der Waals surface area contributed by atoms with Crippen LogP contribution in [0.3, 0.4) is 0 Å². The van der Waals surface area contributed by atoms with Gasteiger partial charge >= 0.3 is 5.69 Å². The summed E-state index contributed by atoms with van der Waals surface area (Å²) in [7, 11) is 0. The third-order valence-corrected chi connectivity index (χ3v) is 3.74. The SMILES string of the molecule is CC(C)c1c(Cl)[nH]c(=O)n(C(C)c2ccc(F)cc2)c1=O. The highest BCUT2D eigenvalue weighted by Crippen LogP contribution is 2.19. The van der Waals surface area contributed by atoms with Crippen LogP contribution in [-0.2, 0) is 0 Å². The van der Waals surface area contributed by atoms with Gasteiger partial charge in [-0.05, 0) is 30.5 Å². The number of H-pyrrole nitrogens is 1. The molecular weight excluding hydrogens is 295 g/mol. The molecule has 1 heterocycles. The van der Waals surface area contributed by atoms with Gasteiger partial charge < -0.3 is 0 Å². The highest BCUT2D eigenvalue weighted by atomic mass is 35.5. The van der Waals surface area contributed by atoms with Gasteiger partial charge in [0.1, 0.15) is 11.0 Å². The van der Waals surface area contributed by atoms with Gasteiger partial charge in [-0.2, -0.15) is 0 Å². The Morgan fingerprint density at radius 2 is 1.71 bits per heavy atom. The third-order valence-electron chi connectivity index (χ3n) is 3.44. The molecule has 0 fully saturated rings. The maximum absolute atomic E-state index is 13.0. The lowest BCUT2D eigenvalue weighted by molar-refractivity contribution is 0.563. The van der Waals surface area contributed by atoms with Gasteiger partial charge in [0.25, 0.3) is 5.56 Å². The monoisotopic (exact) mass is 310 g/mol. The average molecular weight is 311 g/mol. The summed E-state index contributed by atoms with van der Waals surface area (Å²) in [5, 5.41) is 0.0718. The van der Waals surface area contributed by atoms with Crippen molar-refractivity contribution in [2.75, 3.05) is 0 Å². The zero-order chi connectivity index (χ0) is 15.7. The van der Waals surface area contributed by atoms with E-state index in [0.29, 0.717) is 11.1 Å². The Labute approximate surface area is 126 Å². The number of hydrogen-bond acceptors (Lipinski definition) is 2. The molecule has 0 spiro atoms. The molecule has 1 atom stereocenters. The molecule has 0 aliphatic heterocycles. The van der Waals surface area contributed by atoms with Crippen LogP contribution in [0.15, 0.2) is 33.9 Å². The third kappa shape index (κ3) is 2.93. The summed E-state index contributed by atoms with van der Waals surface area (Å²) in [6.45, 7) is 5.36. The molecule has 0 aliphatic rings. The molecule has 1 aromatic carbocycles. The maximum atomic E-state index is 13.0. The van der Waals surface area contributed by atoms with Crippen LogP contribution in [0.5, 0.6) is 0 Å². The van der Waals surface area contributed by atoms with Crippen molar-refractivity contribution in [1.82, 2.24) is 9.55 Å². The summed E-state index contributed by atoms with van der Waals surface area (Å²) in [6, 6.07) is 5.18. The van der Waals surface area contributed by atoms with E-state index in [2.05, 4.69) is 4.98 Å². The number of nitrogens with zero attached hydrogens (tertiary/aromatic N) is 1. The first-order valence-electron chi connectivity index (χ1n) is 6.62. The van der Waals surface area contributed by atoms with E-state index in [0.717, 1.165) is 4.57 Å². The van der Waals surface area contributed by atoms with Gasteiger partial charge in [0.05, 0.1) is 11.6 Å². The fourth-order valence-corrected chi connectivity index (χ4v) is 2.66. The second kappa shape index (κ2) is 5.85. The van der Waals surface area contributed by atoms with Crippen molar-refractivity contribution in [3.8, 4) is 0 Å². The zero-order valence-electron chi connectivity index (χ0n) is 12.0. The molecule has 1 unspecified atom stereocenters. The number of halogens is 2.